The fraction of sp³-hybridized carbons (Fsp3) is 0.0769. The van der Waals surface area contributed by atoms with Crippen molar-refractivity contribution >= 4 is 80.9 Å². The summed E-state index contributed by atoms with van der Waals surface area (Å²) in [5, 5.41) is 4.57. The number of hydrogen-bond acceptors (Lipinski definition) is 5. The van der Waals surface area contributed by atoms with Crippen LogP contribution in [0.4, 0.5) is 11.4 Å². The van der Waals surface area contributed by atoms with Gasteiger partial charge in [-0.15, -0.1) is 34.0 Å². The maximum Gasteiger partial charge on any atom is 0.325 e. The molecule has 3 aliphatic rings. The minimum Gasteiger partial charge on any atom is -0.402 e. The zero-order valence-electron chi connectivity index (χ0n) is 17.8. The van der Waals surface area contributed by atoms with Gasteiger partial charge in [-0.05, 0) is 21.7 Å². The van der Waals surface area contributed by atoms with Crippen LogP contribution in [-0.4, -0.2) is 26.8 Å². The van der Waals surface area contributed by atoms with Gasteiger partial charge in [-0.25, -0.2) is 0 Å². The summed E-state index contributed by atoms with van der Waals surface area (Å²) in [4.78, 5) is 11.3. The lowest BCUT2D eigenvalue weighted by atomic mass is 9.45. The summed E-state index contributed by atoms with van der Waals surface area (Å²) in [5.41, 5.74) is 8.65. The first-order chi connectivity index (χ1) is 16.4. The van der Waals surface area contributed by atoms with Gasteiger partial charge < -0.3 is 9.62 Å². The van der Waals surface area contributed by atoms with Crippen LogP contribution >= 0.6 is 34.0 Å². The van der Waals surface area contributed by atoms with Gasteiger partial charge in [0.2, 0.25) is 0 Å². The average molecular weight is 476 g/mol. The highest BCUT2D eigenvalue weighted by molar-refractivity contribution is 7.29. The number of rotatable bonds is 2. The molecule has 0 fully saturated rings. The largest absolute Gasteiger partial charge is 0.402 e. The molecule has 0 aliphatic carbocycles. The summed E-state index contributed by atoms with van der Waals surface area (Å²) in [7, 11) is 0. The summed E-state index contributed by atoms with van der Waals surface area (Å²) in [6, 6.07) is 26.9. The fourth-order valence-electron chi connectivity index (χ4n) is 5.97. The summed E-state index contributed by atoms with van der Waals surface area (Å²) >= 11 is 5.82. The third-order valence-corrected chi connectivity index (χ3v) is 10.6. The second-order valence-corrected chi connectivity index (χ2v) is 11.7. The van der Waals surface area contributed by atoms with Crippen LogP contribution in [0.3, 0.4) is 0 Å². The monoisotopic (exact) mass is 476 g/mol. The zero-order valence-corrected chi connectivity index (χ0v) is 20.2. The Morgan fingerprint density at radius 3 is 1.45 bits per heavy atom. The van der Waals surface area contributed by atoms with E-state index >= 15 is 0 Å². The van der Waals surface area contributed by atoms with E-state index in [4.69, 9.17) is 0 Å². The van der Waals surface area contributed by atoms with Crippen molar-refractivity contribution in [3.63, 3.8) is 0 Å². The minimum atomic E-state index is 0.292. The number of anilines is 2. The first kappa shape index (κ1) is 18.7. The van der Waals surface area contributed by atoms with E-state index in [1.54, 1.807) is 0 Å². The summed E-state index contributed by atoms with van der Waals surface area (Å²) < 4.78 is 0. The van der Waals surface area contributed by atoms with Gasteiger partial charge in [-0.2, -0.15) is 0 Å². The Bertz CT molecular complexity index is 1390. The lowest BCUT2D eigenvalue weighted by molar-refractivity contribution is 0.907. The molecule has 3 aliphatic heterocycles. The first-order valence-corrected chi connectivity index (χ1v) is 13.9. The van der Waals surface area contributed by atoms with Gasteiger partial charge in [0.25, 0.3) is 0 Å². The van der Waals surface area contributed by atoms with Crippen molar-refractivity contribution < 1.29 is 0 Å². The summed E-state index contributed by atoms with van der Waals surface area (Å²) in [6.07, 6.45) is 0. The van der Waals surface area contributed by atoms with Crippen molar-refractivity contribution in [2.24, 2.45) is 0 Å². The van der Waals surface area contributed by atoms with Crippen molar-refractivity contribution in [3.05, 3.63) is 83.6 Å². The van der Waals surface area contributed by atoms with Gasteiger partial charge in [-0.3, -0.25) is 0 Å². The highest BCUT2D eigenvalue weighted by atomic mass is 32.1. The fourth-order valence-corrected chi connectivity index (χ4v) is 9.50. The molecule has 0 amide bonds. The van der Waals surface area contributed by atoms with E-state index < -0.39 is 0 Å². The Morgan fingerprint density at radius 2 is 1.00 bits per heavy atom. The minimum absolute atomic E-state index is 0.292. The molecule has 0 bridgehead atoms. The van der Waals surface area contributed by atoms with Gasteiger partial charge in [0, 0.05) is 22.8 Å². The van der Waals surface area contributed by atoms with Crippen molar-refractivity contribution in [2.75, 3.05) is 22.7 Å². The number of benzene rings is 2. The second-order valence-electron chi connectivity index (χ2n) is 8.88. The van der Waals surface area contributed by atoms with E-state index in [2.05, 4.69) is 93.2 Å². The normalized spacial score (nSPS) is 15.4. The summed E-state index contributed by atoms with van der Waals surface area (Å²) in [5.74, 6) is 0. The maximum atomic E-state index is 2.70. The number of fused-ring (bicyclic) bond motifs is 4. The molecule has 6 heterocycles. The van der Waals surface area contributed by atoms with Crippen LogP contribution in [0.2, 0.25) is 0 Å². The van der Waals surface area contributed by atoms with Crippen molar-refractivity contribution in [1.82, 2.24) is 0 Å². The molecule has 5 aromatic rings. The third-order valence-electron chi connectivity index (χ3n) is 7.26. The molecule has 0 N–H and O–H groups in total. The van der Waals surface area contributed by atoms with Crippen molar-refractivity contribution in [1.29, 1.82) is 0 Å². The Hall–Kier alpha value is -2.73. The molecule has 0 radical (unpaired) electrons. The van der Waals surface area contributed by atoms with E-state index in [1.807, 2.05) is 34.0 Å². The van der Waals surface area contributed by atoms with Crippen LogP contribution < -0.4 is 31.5 Å². The van der Waals surface area contributed by atoms with Crippen LogP contribution in [-0.2, 0) is 0 Å². The number of hydrogen-bond donors (Lipinski definition) is 0. The average Bonchev–Trinajstić information content (AvgIpc) is 3.61. The molecule has 7 heteroatoms. The standard InChI is InChI=1S/C26H18B2N2S3/c1-3-7-17(8-4-1)27-19-11-15-31-23(19)25-21-22-26(33-25)24-20(12-16-32-24)28(18-9-5-2-6-10-18)30(22)14-13-29(21)27/h1-12,15-16H,13-14H2. The predicted octanol–water partition coefficient (Wildman–Crippen LogP) is 4.07. The lowest BCUT2D eigenvalue weighted by Crippen LogP contribution is -2.66. The molecule has 0 saturated carbocycles. The van der Waals surface area contributed by atoms with E-state index in [9.17, 15) is 0 Å². The van der Waals surface area contributed by atoms with E-state index in [-0.39, 0.29) is 0 Å². The SMILES string of the molecule is c1ccc(B2c3ccsc3-c3sc4c5c3N2CCN5B(c2ccccc2)c2ccsc2-4)cc1. The van der Waals surface area contributed by atoms with Crippen LogP contribution in [0, 0.1) is 0 Å². The quantitative estimate of drug-likeness (QED) is 0.355. The zero-order chi connectivity index (χ0) is 21.5. The lowest BCUT2D eigenvalue weighted by Gasteiger charge is -2.47. The van der Waals surface area contributed by atoms with Gasteiger partial charge >= 0.3 is 13.7 Å². The maximum absolute atomic E-state index is 2.70. The van der Waals surface area contributed by atoms with Crippen LogP contribution in [0.1, 0.15) is 0 Å². The topological polar surface area (TPSA) is 6.48 Å². The van der Waals surface area contributed by atoms with Crippen molar-refractivity contribution in [2.45, 2.75) is 0 Å². The first-order valence-electron chi connectivity index (χ1n) is 11.4. The molecular formula is C26H18B2N2S3. The third kappa shape index (κ3) is 2.45. The molecule has 0 spiro atoms. The highest BCUT2D eigenvalue weighted by Crippen LogP contribution is 2.58. The van der Waals surface area contributed by atoms with Gasteiger partial charge in [0.15, 0.2) is 0 Å². The molecule has 0 saturated heterocycles. The van der Waals surface area contributed by atoms with E-state index in [1.165, 1.54) is 52.7 Å². The Labute approximate surface area is 206 Å². The predicted molar refractivity (Wildman–Crippen MR) is 149 cm³/mol. The highest BCUT2D eigenvalue weighted by Gasteiger charge is 2.48. The van der Waals surface area contributed by atoms with Crippen LogP contribution in [0.5, 0.6) is 0 Å². The van der Waals surface area contributed by atoms with E-state index in [0.717, 1.165) is 13.1 Å². The van der Waals surface area contributed by atoms with Gasteiger partial charge in [0.05, 0.1) is 21.1 Å². The molecule has 33 heavy (non-hydrogen) atoms. The molecule has 156 valence electrons. The van der Waals surface area contributed by atoms with Gasteiger partial charge in [0.1, 0.15) is 0 Å². The molecule has 2 aromatic carbocycles. The smallest absolute Gasteiger partial charge is 0.325 e. The Morgan fingerprint density at radius 1 is 0.545 bits per heavy atom. The second kappa shape index (κ2) is 6.89. The number of nitrogens with zero attached hydrogens (tertiary/aromatic N) is 2. The van der Waals surface area contributed by atoms with E-state index in [0.29, 0.717) is 13.7 Å². The van der Waals surface area contributed by atoms with Gasteiger partial charge in [-0.1, -0.05) is 83.7 Å². The number of thiophene rings is 3. The van der Waals surface area contributed by atoms with Crippen molar-refractivity contribution in [3.8, 4) is 19.5 Å². The Balaban J connectivity index is 1.41. The van der Waals surface area contributed by atoms with Crippen LogP contribution in [0.15, 0.2) is 83.6 Å². The van der Waals surface area contributed by atoms with Crippen LogP contribution in [0.25, 0.3) is 19.5 Å². The molecule has 0 atom stereocenters. The Kier molecular flexibility index (Phi) is 3.90. The molecule has 3 aromatic heterocycles. The molecular weight excluding hydrogens is 458 g/mol. The molecule has 8 rings (SSSR count). The molecule has 0 unspecified atom stereocenters. The summed E-state index contributed by atoms with van der Waals surface area (Å²) in [6.45, 7) is 2.66. The molecule has 2 nitrogen and oxygen atoms in total.